The summed E-state index contributed by atoms with van der Waals surface area (Å²) in [5, 5.41) is 0. The van der Waals surface area contributed by atoms with Gasteiger partial charge in [0, 0.05) is 18.4 Å². The van der Waals surface area contributed by atoms with E-state index in [4.69, 9.17) is 15.2 Å². The number of hydrogen-bond acceptors (Lipinski definition) is 4. The summed E-state index contributed by atoms with van der Waals surface area (Å²) in [4.78, 5) is 3.99. The lowest BCUT2D eigenvalue weighted by atomic mass is 10.1. The van der Waals surface area contributed by atoms with Gasteiger partial charge in [0.25, 0.3) is 0 Å². The quantitative estimate of drug-likeness (QED) is 0.867. The van der Waals surface area contributed by atoms with E-state index in [1.165, 1.54) is 0 Å². The molecular formula is C16H19BrN2O2. The molecule has 5 heteroatoms. The molecule has 1 aromatic carbocycles. The minimum atomic E-state index is 0.102. The first kappa shape index (κ1) is 15.8. The molecule has 0 bridgehead atoms. The summed E-state index contributed by atoms with van der Waals surface area (Å²) in [5.41, 5.74) is 8.02. The van der Waals surface area contributed by atoms with Gasteiger partial charge in [-0.3, -0.25) is 4.98 Å². The average Bonchev–Trinajstić information content (AvgIpc) is 2.46. The Morgan fingerprint density at radius 2 is 1.95 bits per heavy atom. The fraction of sp³-hybridized carbons (Fsp3) is 0.312. The van der Waals surface area contributed by atoms with E-state index in [-0.39, 0.29) is 6.04 Å². The summed E-state index contributed by atoms with van der Waals surface area (Å²) in [6.45, 7) is 2.44. The molecule has 0 aliphatic rings. The van der Waals surface area contributed by atoms with Crippen LogP contribution >= 0.6 is 15.9 Å². The monoisotopic (exact) mass is 350 g/mol. The Bertz CT molecular complexity index is 588. The molecule has 0 radical (unpaired) electrons. The third kappa shape index (κ3) is 4.44. The van der Waals surface area contributed by atoms with Gasteiger partial charge >= 0.3 is 0 Å². The Morgan fingerprint density at radius 1 is 1.24 bits per heavy atom. The average molecular weight is 351 g/mol. The van der Waals surface area contributed by atoms with Crippen molar-refractivity contribution in [1.82, 2.24) is 4.98 Å². The summed E-state index contributed by atoms with van der Waals surface area (Å²) in [6.07, 6.45) is 4.28. The van der Waals surface area contributed by atoms with Crippen LogP contribution in [0, 0.1) is 0 Å². The smallest absolute Gasteiger partial charge is 0.175 e. The Hall–Kier alpha value is -1.59. The van der Waals surface area contributed by atoms with Crippen LogP contribution in [0.3, 0.4) is 0 Å². The zero-order chi connectivity index (χ0) is 15.2. The molecule has 2 N–H and O–H groups in total. The molecule has 112 valence electrons. The Labute approximate surface area is 133 Å². The minimum absolute atomic E-state index is 0.102. The first-order chi connectivity index (χ1) is 10.1. The fourth-order valence-electron chi connectivity index (χ4n) is 2.04. The van der Waals surface area contributed by atoms with Gasteiger partial charge in [-0.2, -0.15) is 0 Å². The fourth-order valence-corrected chi connectivity index (χ4v) is 2.64. The highest BCUT2D eigenvalue weighted by Gasteiger charge is 2.12. The van der Waals surface area contributed by atoms with Gasteiger partial charge in [0.15, 0.2) is 11.5 Å². The van der Waals surface area contributed by atoms with Crippen molar-refractivity contribution in [1.29, 1.82) is 0 Å². The van der Waals surface area contributed by atoms with Gasteiger partial charge in [0.1, 0.15) is 6.61 Å². The number of nitrogens with zero attached hydrogens (tertiary/aromatic N) is 1. The Kier molecular flexibility index (Phi) is 5.59. The normalized spacial score (nSPS) is 12.0. The molecule has 0 aliphatic heterocycles. The number of halogens is 1. The van der Waals surface area contributed by atoms with Crippen molar-refractivity contribution in [2.24, 2.45) is 5.73 Å². The van der Waals surface area contributed by atoms with Gasteiger partial charge in [-0.05, 0) is 64.7 Å². The van der Waals surface area contributed by atoms with E-state index >= 15 is 0 Å². The maximum atomic E-state index is 5.87. The third-order valence-corrected chi connectivity index (χ3v) is 3.57. The van der Waals surface area contributed by atoms with Crippen molar-refractivity contribution in [3.05, 3.63) is 52.3 Å². The first-order valence-electron chi connectivity index (χ1n) is 6.74. The van der Waals surface area contributed by atoms with E-state index in [0.29, 0.717) is 18.1 Å². The highest BCUT2D eigenvalue weighted by molar-refractivity contribution is 9.10. The molecule has 1 unspecified atom stereocenters. The molecule has 0 saturated carbocycles. The minimum Gasteiger partial charge on any atom is -0.493 e. The second-order valence-electron chi connectivity index (χ2n) is 4.93. The van der Waals surface area contributed by atoms with Gasteiger partial charge in [-0.15, -0.1) is 0 Å². The zero-order valence-electron chi connectivity index (χ0n) is 12.2. The van der Waals surface area contributed by atoms with Crippen molar-refractivity contribution in [3.63, 3.8) is 0 Å². The summed E-state index contributed by atoms with van der Waals surface area (Å²) < 4.78 is 12.2. The lowest BCUT2D eigenvalue weighted by Crippen LogP contribution is -2.17. The highest BCUT2D eigenvalue weighted by Crippen LogP contribution is 2.37. The number of aromatic nitrogens is 1. The van der Waals surface area contributed by atoms with Crippen LogP contribution in [0.4, 0.5) is 0 Å². The van der Waals surface area contributed by atoms with E-state index in [9.17, 15) is 0 Å². The van der Waals surface area contributed by atoms with Crippen LogP contribution in [0.15, 0.2) is 41.1 Å². The van der Waals surface area contributed by atoms with Crippen molar-refractivity contribution >= 4 is 15.9 Å². The van der Waals surface area contributed by atoms with Gasteiger partial charge in [-0.25, -0.2) is 0 Å². The van der Waals surface area contributed by atoms with Gasteiger partial charge in [0.2, 0.25) is 0 Å². The lowest BCUT2D eigenvalue weighted by Gasteiger charge is -2.15. The number of nitrogens with two attached hydrogens (primary N) is 1. The summed E-state index contributed by atoms with van der Waals surface area (Å²) in [7, 11) is 1.64. The van der Waals surface area contributed by atoms with Crippen molar-refractivity contribution in [3.8, 4) is 11.5 Å². The van der Waals surface area contributed by atoms with Gasteiger partial charge in [-0.1, -0.05) is 0 Å². The molecule has 4 nitrogen and oxygen atoms in total. The lowest BCUT2D eigenvalue weighted by molar-refractivity contribution is 0.282. The third-order valence-electron chi connectivity index (χ3n) is 2.98. The predicted octanol–water partition coefficient (Wildman–Crippen LogP) is 3.32. The van der Waals surface area contributed by atoms with E-state index in [1.807, 2.05) is 31.2 Å². The zero-order valence-corrected chi connectivity index (χ0v) is 13.8. The van der Waals surface area contributed by atoms with Crippen LogP contribution in [0.25, 0.3) is 0 Å². The summed E-state index contributed by atoms with van der Waals surface area (Å²) in [5.74, 6) is 1.40. The molecule has 0 amide bonds. The summed E-state index contributed by atoms with van der Waals surface area (Å²) >= 11 is 3.54. The van der Waals surface area contributed by atoms with E-state index in [2.05, 4.69) is 20.9 Å². The molecule has 1 aromatic heterocycles. The van der Waals surface area contributed by atoms with Crippen molar-refractivity contribution in [2.45, 2.75) is 26.0 Å². The summed E-state index contributed by atoms with van der Waals surface area (Å²) in [6, 6.07) is 7.93. The number of ether oxygens (including phenoxy) is 2. The van der Waals surface area contributed by atoms with E-state index in [0.717, 1.165) is 22.0 Å². The predicted molar refractivity (Wildman–Crippen MR) is 86.6 cm³/mol. The van der Waals surface area contributed by atoms with Crippen LogP contribution in [0.5, 0.6) is 11.5 Å². The molecular weight excluding hydrogens is 332 g/mol. The van der Waals surface area contributed by atoms with Crippen LogP contribution in [-0.4, -0.2) is 18.1 Å². The van der Waals surface area contributed by atoms with Crippen LogP contribution in [0.2, 0.25) is 0 Å². The second-order valence-corrected chi connectivity index (χ2v) is 5.79. The van der Waals surface area contributed by atoms with E-state index in [1.54, 1.807) is 19.5 Å². The molecule has 0 fully saturated rings. The van der Waals surface area contributed by atoms with Crippen LogP contribution < -0.4 is 15.2 Å². The van der Waals surface area contributed by atoms with Gasteiger partial charge < -0.3 is 15.2 Å². The molecule has 2 rings (SSSR count). The van der Waals surface area contributed by atoms with Crippen LogP contribution in [0.1, 0.15) is 18.1 Å². The molecule has 1 heterocycles. The number of hydrogen-bond donors (Lipinski definition) is 1. The first-order valence-corrected chi connectivity index (χ1v) is 7.53. The second kappa shape index (κ2) is 7.43. The standard InChI is InChI=1S/C16H19BrN2O2/c1-11(18)7-13-8-14(17)16(15(9-13)20-2)21-10-12-3-5-19-6-4-12/h3-6,8-9,11H,7,10,18H2,1-2H3. The topological polar surface area (TPSA) is 57.4 Å². The Morgan fingerprint density at radius 3 is 2.57 bits per heavy atom. The largest absolute Gasteiger partial charge is 0.493 e. The van der Waals surface area contributed by atoms with E-state index < -0.39 is 0 Å². The number of benzene rings is 1. The number of methoxy groups -OCH3 is 1. The molecule has 0 aliphatic carbocycles. The molecule has 21 heavy (non-hydrogen) atoms. The molecule has 2 aromatic rings. The van der Waals surface area contributed by atoms with Crippen molar-refractivity contribution < 1.29 is 9.47 Å². The molecule has 0 saturated heterocycles. The maximum Gasteiger partial charge on any atom is 0.175 e. The van der Waals surface area contributed by atoms with Crippen molar-refractivity contribution in [2.75, 3.05) is 7.11 Å². The SMILES string of the molecule is COc1cc(CC(C)N)cc(Br)c1OCc1ccncc1. The molecule has 1 atom stereocenters. The van der Waals surface area contributed by atoms with Gasteiger partial charge in [0.05, 0.1) is 11.6 Å². The number of pyridine rings is 1. The maximum absolute atomic E-state index is 5.87. The number of rotatable bonds is 6. The Balaban J connectivity index is 2.18. The highest BCUT2D eigenvalue weighted by atomic mass is 79.9. The molecule has 0 spiro atoms. The van der Waals surface area contributed by atoms with Crippen LogP contribution in [-0.2, 0) is 13.0 Å².